The van der Waals surface area contributed by atoms with Crippen molar-refractivity contribution in [3.05, 3.63) is 47.0 Å². The third-order valence-corrected chi connectivity index (χ3v) is 4.28. The van der Waals surface area contributed by atoms with Gasteiger partial charge in [-0.25, -0.2) is 0 Å². The first-order valence-corrected chi connectivity index (χ1v) is 7.80. The first-order chi connectivity index (χ1) is 11.5. The number of rotatable bonds is 3. The fourth-order valence-electron chi connectivity index (χ4n) is 1.92. The van der Waals surface area contributed by atoms with Crippen LogP contribution in [0, 0.1) is 0 Å². The maximum Gasteiger partial charge on any atom is 0.257 e. The smallest absolute Gasteiger partial charge is 0.257 e. The molecule has 0 aliphatic heterocycles. The van der Waals surface area contributed by atoms with Crippen molar-refractivity contribution < 1.29 is 20.1 Å². The molecule has 1 aromatic heterocycles. The molecule has 0 atom stereocenters. The van der Waals surface area contributed by atoms with Crippen LogP contribution in [-0.2, 0) is 0 Å². The van der Waals surface area contributed by atoms with Crippen molar-refractivity contribution in [3.8, 4) is 27.8 Å². The van der Waals surface area contributed by atoms with Gasteiger partial charge >= 0.3 is 0 Å². The number of aromatic hydroxyl groups is 3. The van der Waals surface area contributed by atoms with Crippen molar-refractivity contribution in [3.63, 3.8) is 0 Å². The lowest BCUT2D eigenvalue weighted by Gasteiger charge is -2.05. The molecule has 24 heavy (non-hydrogen) atoms. The fourth-order valence-corrected chi connectivity index (χ4v) is 2.98. The van der Waals surface area contributed by atoms with Crippen LogP contribution in [-0.4, -0.2) is 31.4 Å². The van der Waals surface area contributed by atoms with Crippen LogP contribution >= 0.6 is 22.9 Å². The van der Waals surface area contributed by atoms with E-state index in [1.54, 1.807) is 18.2 Å². The highest BCUT2D eigenvalue weighted by molar-refractivity contribution is 7.18. The highest BCUT2D eigenvalue weighted by Gasteiger charge is 2.16. The SMILES string of the molecule is O=C(Nc1nnc(-c2ccccc2Cl)s1)c1cc(O)c(O)c(O)c1. The normalized spacial score (nSPS) is 10.5. The molecular weight excluding hydrogens is 354 g/mol. The van der Waals surface area contributed by atoms with Gasteiger partial charge in [-0.3, -0.25) is 10.1 Å². The van der Waals surface area contributed by atoms with Gasteiger partial charge < -0.3 is 15.3 Å². The zero-order valence-corrected chi connectivity index (χ0v) is 13.5. The number of phenolic OH excluding ortho intramolecular Hbond substituents is 3. The van der Waals surface area contributed by atoms with Crippen LogP contribution < -0.4 is 5.32 Å². The molecule has 0 bridgehead atoms. The molecule has 1 amide bonds. The summed E-state index contributed by atoms with van der Waals surface area (Å²) < 4.78 is 0. The number of aromatic nitrogens is 2. The van der Waals surface area contributed by atoms with Crippen molar-refractivity contribution >= 4 is 34.0 Å². The van der Waals surface area contributed by atoms with Crippen LogP contribution in [0.4, 0.5) is 5.13 Å². The molecule has 9 heteroatoms. The predicted octanol–water partition coefficient (Wildman–Crippen LogP) is 3.23. The Bertz CT molecular complexity index is 906. The number of anilines is 1. The minimum absolute atomic E-state index is 0.0442. The van der Waals surface area contributed by atoms with Crippen molar-refractivity contribution in [1.29, 1.82) is 0 Å². The van der Waals surface area contributed by atoms with Crippen LogP contribution in [0.15, 0.2) is 36.4 Å². The Morgan fingerprint density at radius 3 is 2.42 bits per heavy atom. The number of phenols is 3. The number of halogens is 1. The van der Waals surface area contributed by atoms with Gasteiger partial charge in [0.1, 0.15) is 0 Å². The number of nitrogens with one attached hydrogen (secondary N) is 1. The topological polar surface area (TPSA) is 116 Å². The van der Waals surface area contributed by atoms with Gasteiger partial charge in [0.15, 0.2) is 22.3 Å². The number of hydrogen-bond donors (Lipinski definition) is 4. The Morgan fingerprint density at radius 2 is 1.75 bits per heavy atom. The first kappa shape index (κ1) is 16.0. The summed E-state index contributed by atoms with van der Waals surface area (Å²) in [6, 6.07) is 9.16. The average molecular weight is 364 g/mol. The van der Waals surface area contributed by atoms with E-state index >= 15 is 0 Å². The maximum absolute atomic E-state index is 12.1. The molecule has 0 radical (unpaired) electrons. The Labute approximate surface area is 144 Å². The second-order valence-corrected chi connectivity index (χ2v) is 6.09. The van der Waals surface area contributed by atoms with Crippen LogP contribution in [0.25, 0.3) is 10.6 Å². The van der Waals surface area contributed by atoms with Gasteiger partial charge in [-0.2, -0.15) is 0 Å². The number of nitrogens with zero attached hydrogens (tertiary/aromatic N) is 2. The Balaban J connectivity index is 1.82. The molecule has 1 heterocycles. The Morgan fingerprint density at radius 1 is 1.08 bits per heavy atom. The summed E-state index contributed by atoms with van der Waals surface area (Å²) >= 11 is 7.21. The summed E-state index contributed by atoms with van der Waals surface area (Å²) in [5.74, 6) is -2.52. The summed E-state index contributed by atoms with van der Waals surface area (Å²) in [5, 5.41) is 39.8. The fraction of sp³-hybridized carbons (Fsp3) is 0. The van der Waals surface area contributed by atoms with E-state index in [9.17, 15) is 20.1 Å². The van der Waals surface area contributed by atoms with Crippen molar-refractivity contribution in [1.82, 2.24) is 10.2 Å². The lowest BCUT2D eigenvalue weighted by molar-refractivity contribution is 0.102. The third kappa shape index (κ3) is 3.10. The van der Waals surface area contributed by atoms with E-state index in [4.69, 9.17) is 11.6 Å². The van der Waals surface area contributed by atoms with Crippen LogP contribution in [0.1, 0.15) is 10.4 Å². The van der Waals surface area contributed by atoms with E-state index in [0.717, 1.165) is 23.5 Å². The molecular formula is C15H10ClN3O4S. The summed E-state index contributed by atoms with van der Waals surface area (Å²) in [5.41, 5.74) is 0.648. The monoisotopic (exact) mass is 363 g/mol. The molecule has 3 rings (SSSR count). The lowest BCUT2D eigenvalue weighted by atomic mass is 10.1. The van der Waals surface area contributed by atoms with E-state index in [-0.39, 0.29) is 10.7 Å². The van der Waals surface area contributed by atoms with Gasteiger partial charge in [-0.15, -0.1) is 10.2 Å². The molecule has 0 saturated heterocycles. The molecule has 7 nitrogen and oxygen atoms in total. The van der Waals surface area contributed by atoms with Gasteiger partial charge in [0.05, 0.1) is 5.02 Å². The maximum atomic E-state index is 12.1. The van der Waals surface area contributed by atoms with E-state index < -0.39 is 23.2 Å². The molecule has 0 unspecified atom stereocenters. The van der Waals surface area contributed by atoms with Crippen LogP contribution in [0.5, 0.6) is 17.2 Å². The van der Waals surface area contributed by atoms with E-state index in [1.807, 2.05) is 6.07 Å². The van der Waals surface area contributed by atoms with E-state index in [1.165, 1.54) is 0 Å². The third-order valence-electron chi connectivity index (χ3n) is 3.08. The predicted molar refractivity (Wildman–Crippen MR) is 89.7 cm³/mol. The van der Waals surface area contributed by atoms with Crippen LogP contribution in [0.3, 0.4) is 0 Å². The molecule has 4 N–H and O–H groups in total. The number of carbonyl (C=O) groups is 1. The van der Waals surface area contributed by atoms with Crippen molar-refractivity contribution in [2.45, 2.75) is 0 Å². The van der Waals surface area contributed by atoms with Gasteiger partial charge in [-0.05, 0) is 18.2 Å². The summed E-state index contributed by atoms with van der Waals surface area (Å²) in [4.78, 5) is 12.1. The second kappa shape index (κ2) is 6.34. The van der Waals surface area contributed by atoms with Crippen molar-refractivity contribution in [2.75, 3.05) is 5.32 Å². The second-order valence-electron chi connectivity index (χ2n) is 4.71. The Kier molecular flexibility index (Phi) is 4.24. The van der Waals surface area contributed by atoms with E-state index in [0.29, 0.717) is 15.6 Å². The molecule has 0 spiro atoms. The summed E-state index contributed by atoms with van der Waals surface area (Å²) in [7, 11) is 0. The Hall–Kier alpha value is -2.84. The number of benzene rings is 2. The number of hydrogen-bond acceptors (Lipinski definition) is 7. The molecule has 0 fully saturated rings. The molecule has 122 valence electrons. The molecule has 0 saturated carbocycles. The zero-order valence-electron chi connectivity index (χ0n) is 11.9. The zero-order chi connectivity index (χ0) is 17.3. The van der Waals surface area contributed by atoms with Crippen LogP contribution in [0.2, 0.25) is 5.02 Å². The molecule has 0 aliphatic carbocycles. The van der Waals surface area contributed by atoms with Gasteiger partial charge in [-0.1, -0.05) is 41.1 Å². The molecule has 2 aromatic carbocycles. The number of amides is 1. The lowest BCUT2D eigenvalue weighted by Crippen LogP contribution is -2.11. The molecule has 0 aliphatic rings. The van der Waals surface area contributed by atoms with E-state index in [2.05, 4.69) is 15.5 Å². The molecule has 3 aromatic rings. The largest absolute Gasteiger partial charge is 0.504 e. The van der Waals surface area contributed by atoms with Crippen molar-refractivity contribution in [2.24, 2.45) is 0 Å². The first-order valence-electron chi connectivity index (χ1n) is 6.60. The van der Waals surface area contributed by atoms with Gasteiger partial charge in [0, 0.05) is 11.1 Å². The average Bonchev–Trinajstić information content (AvgIpc) is 3.00. The minimum atomic E-state index is -0.691. The van der Waals surface area contributed by atoms with Gasteiger partial charge in [0.2, 0.25) is 5.13 Å². The van der Waals surface area contributed by atoms with Gasteiger partial charge in [0.25, 0.3) is 5.91 Å². The summed E-state index contributed by atoms with van der Waals surface area (Å²) in [6.07, 6.45) is 0. The summed E-state index contributed by atoms with van der Waals surface area (Å²) in [6.45, 7) is 0. The highest BCUT2D eigenvalue weighted by atomic mass is 35.5. The standard InChI is InChI=1S/C15H10ClN3O4S/c16-9-4-2-1-3-8(9)14-18-19-15(24-14)17-13(23)7-5-10(20)12(22)11(21)6-7/h1-6,20-22H,(H,17,19,23). The highest BCUT2D eigenvalue weighted by Crippen LogP contribution is 2.36. The number of carbonyl (C=O) groups excluding carboxylic acids is 1. The quantitative estimate of drug-likeness (QED) is 0.531. The minimum Gasteiger partial charge on any atom is -0.504 e.